The van der Waals surface area contributed by atoms with Crippen molar-refractivity contribution in [3.05, 3.63) is 33.4 Å². The van der Waals surface area contributed by atoms with Crippen LogP contribution in [-0.2, 0) is 25.7 Å². The Kier molecular flexibility index (Phi) is 12.9. The molecule has 0 heterocycles. The first kappa shape index (κ1) is 32.4. The largest absolute Gasteiger partial charge is 0.248 e. The van der Waals surface area contributed by atoms with Crippen LogP contribution >= 0.6 is 88.6 Å². The van der Waals surface area contributed by atoms with Gasteiger partial charge in [-0.05, 0) is 123 Å². The maximum atomic E-state index is 6.48. The van der Waals surface area contributed by atoms with Gasteiger partial charge in [0.05, 0.1) is 0 Å². The standard InChI is InChI=1S/C20H34Cl8Si4/c1-15-17(7-11-29(3,21)22)19(9-13-31(5,25)26)16(2)20(10-14-32(6,27)28)18(15)8-12-30(4,23)24/h7-14H2,1-6H3. The van der Waals surface area contributed by atoms with Gasteiger partial charge in [-0.15, -0.1) is 88.6 Å². The summed E-state index contributed by atoms with van der Waals surface area (Å²) < 4.78 is 0. The fourth-order valence-corrected chi connectivity index (χ4v) is 9.02. The number of rotatable bonds is 12. The SMILES string of the molecule is Cc1c(CC[Si](C)(Cl)Cl)c(CC[Si](C)(Cl)Cl)c(C)c(CC[Si](C)(Cl)Cl)c1CC[Si](C)(Cl)Cl. The minimum atomic E-state index is -2.25. The van der Waals surface area contributed by atoms with E-state index in [4.69, 9.17) is 88.6 Å². The molecule has 0 saturated carbocycles. The van der Waals surface area contributed by atoms with Crippen LogP contribution in [0.3, 0.4) is 0 Å². The van der Waals surface area contributed by atoms with Gasteiger partial charge < -0.3 is 0 Å². The minimum absolute atomic E-state index is 0.796. The summed E-state index contributed by atoms with van der Waals surface area (Å²) >= 11 is 51.9. The Morgan fingerprint density at radius 1 is 0.406 bits per heavy atom. The smallest absolute Gasteiger partial charge is 0.146 e. The lowest BCUT2D eigenvalue weighted by molar-refractivity contribution is 0.916. The zero-order chi connectivity index (χ0) is 25.1. The monoisotopic (exact) mass is 666 g/mol. The highest BCUT2D eigenvalue weighted by molar-refractivity contribution is 7.46. The zero-order valence-corrected chi connectivity index (χ0v) is 29.7. The summed E-state index contributed by atoms with van der Waals surface area (Å²) in [6, 6.07) is 3.18. The molecule has 1 aromatic carbocycles. The lowest BCUT2D eigenvalue weighted by Gasteiger charge is -2.27. The maximum Gasteiger partial charge on any atom is 0.248 e. The fraction of sp³-hybridized carbons (Fsp3) is 0.700. The molecule has 12 heteroatoms. The summed E-state index contributed by atoms with van der Waals surface area (Å²) in [5.74, 6) is 0. The Bertz CT molecular complexity index is 648. The van der Waals surface area contributed by atoms with E-state index in [2.05, 4.69) is 13.8 Å². The van der Waals surface area contributed by atoms with E-state index in [1.54, 1.807) is 0 Å². The van der Waals surface area contributed by atoms with Crippen LogP contribution in [0, 0.1) is 13.8 Å². The first-order valence-corrected chi connectivity index (χ1v) is 29.8. The van der Waals surface area contributed by atoms with E-state index in [9.17, 15) is 0 Å². The topological polar surface area (TPSA) is 0 Å². The highest BCUT2D eigenvalue weighted by atomic mass is 35.7. The van der Waals surface area contributed by atoms with Crippen molar-refractivity contribution in [3.8, 4) is 0 Å². The van der Waals surface area contributed by atoms with E-state index in [-0.39, 0.29) is 0 Å². The lowest BCUT2D eigenvalue weighted by Crippen LogP contribution is -2.21. The summed E-state index contributed by atoms with van der Waals surface area (Å²) in [6.07, 6.45) is 3.40. The molecule has 0 fully saturated rings. The van der Waals surface area contributed by atoms with Crippen molar-refractivity contribution in [3.63, 3.8) is 0 Å². The molecule has 0 unspecified atom stereocenters. The van der Waals surface area contributed by atoms with Gasteiger partial charge >= 0.3 is 0 Å². The average Bonchev–Trinajstić information content (AvgIpc) is 2.55. The van der Waals surface area contributed by atoms with Gasteiger partial charge in [-0.25, -0.2) is 0 Å². The molecule has 0 radical (unpaired) electrons. The van der Waals surface area contributed by atoms with Crippen molar-refractivity contribution in [2.75, 3.05) is 0 Å². The van der Waals surface area contributed by atoms with E-state index >= 15 is 0 Å². The second-order valence-electron chi connectivity index (χ2n) is 9.45. The summed E-state index contributed by atoms with van der Waals surface area (Å²) in [7, 11) is 0. The fourth-order valence-electron chi connectivity index (χ4n) is 4.00. The van der Waals surface area contributed by atoms with Gasteiger partial charge in [0, 0.05) is 0 Å². The van der Waals surface area contributed by atoms with E-state index in [0.29, 0.717) is 0 Å². The molecule has 0 aliphatic carbocycles. The molecule has 0 nitrogen and oxygen atoms in total. The van der Waals surface area contributed by atoms with Crippen LogP contribution in [0.15, 0.2) is 0 Å². The molecule has 0 aliphatic heterocycles. The molecule has 0 saturated heterocycles. The van der Waals surface area contributed by atoms with Crippen LogP contribution in [0.4, 0.5) is 0 Å². The van der Waals surface area contributed by atoms with Crippen LogP contribution in [0.5, 0.6) is 0 Å². The lowest BCUT2D eigenvalue weighted by atomic mass is 9.83. The van der Waals surface area contributed by atoms with Crippen LogP contribution in [0.25, 0.3) is 0 Å². The van der Waals surface area contributed by atoms with Gasteiger partial charge in [-0.1, -0.05) is 0 Å². The van der Waals surface area contributed by atoms with E-state index in [1.807, 2.05) is 26.2 Å². The van der Waals surface area contributed by atoms with E-state index in [1.165, 1.54) is 33.4 Å². The second kappa shape index (κ2) is 12.8. The highest BCUT2D eigenvalue weighted by Gasteiger charge is 2.29. The molecule has 1 aromatic rings. The average molecular weight is 670 g/mol. The van der Waals surface area contributed by atoms with Gasteiger partial charge in [-0.2, -0.15) is 0 Å². The molecule has 32 heavy (non-hydrogen) atoms. The summed E-state index contributed by atoms with van der Waals surface area (Å²) in [5, 5.41) is 0. The van der Waals surface area contributed by atoms with Crippen LogP contribution in [0.2, 0.25) is 50.4 Å². The normalized spacial score (nSPS) is 13.7. The van der Waals surface area contributed by atoms with Crippen molar-refractivity contribution in [2.24, 2.45) is 0 Å². The van der Waals surface area contributed by atoms with Gasteiger partial charge in [0.2, 0.25) is 26.8 Å². The van der Waals surface area contributed by atoms with Gasteiger partial charge in [0.15, 0.2) is 0 Å². The molecule has 186 valence electrons. The van der Waals surface area contributed by atoms with Crippen LogP contribution in [0.1, 0.15) is 33.4 Å². The van der Waals surface area contributed by atoms with Crippen molar-refractivity contribution < 1.29 is 0 Å². The van der Waals surface area contributed by atoms with E-state index < -0.39 is 26.8 Å². The molecule has 0 spiro atoms. The molecular formula is C20H34Cl8Si4. The molecule has 0 aliphatic rings. The molecule has 0 amide bonds. The van der Waals surface area contributed by atoms with Gasteiger partial charge in [0.25, 0.3) is 0 Å². The maximum absolute atomic E-state index is 6.48. The molecule has 0 N–H and O–H groups in total. The predicted molar refractivity (Wildman–Crippen MR) is 163 cm³/mol. The van der Waals surface area contributed by atoms with E-state index in [0.717, 1.165) is 49.9 Å². The second-order valence-corrected chi connectivity index (χ2v) is 42.3. The minimum Gasteiger partial charge on any atom is -0.146 e. The molecule has 0 atom stereocenters. The number of hydrogen-bond donors (Lipinski definition) is 0. The Labute approximate surface area is 236 Å². The molecule has 1 rings (SSSR count). The Balaban J connectivity index is 3.63. The van der Waals surface area contributed by atoms with Crippen molar-refractivity contribution in [2.45, 2.75) is 89.9 Å². The summed E-state index contributed by atoms with van der Waals surface area (Å²) in [4.78, 5) is 0. The Hall–Kier alpha value is 2.41. The molecule has 0 bridgehead atoms. The van der Waals surface area contributed by atoms with Crippen molar-refractivity contribution in [1.29, 1.82) is 0 Å². The number of benzene rings is 1. The Morgan fingerprint density at radius 3 is 0.688 bits per heavy atom. The van der Waals surface area contributed by atoms with Gasteiger partial charge in [0.1, 0.15) is 0 Å². The summed E-state index contributed by atoms with van der Waals surface area (Å²) in [6.45, 7) is 3.31. The molecular weight excluding hydrogens is 636 g/mol. The predicted octanol–water partition coefficient (Wildman–Crippen LogP) is 10.7. The quantitative estimate of drug-likeness (QED) is 0.153. The zero-order valence-electron chi connectivity index (χ0n) is 19.7. The summed E-state index contributed by atoms with van der Waals surface area (Å²) in [5.41, 5.74) is 7.90. The number of hydrogen-bond acceptors (Lipinski definition) is 0. The third-order valence-electron chi connectivity index (χ3n) is 5.80. The van der Waals surface area contributed by atoms with Gasteiger partial charge in [-0.3, -0.25) is 0 Å². The Morgan fingerprint density at radius 2 is 0.562 bits per heavy atom. The molecule has 0 aromatic heterocycles. The number of halogens is 8. The van der Waals surface area contributed by atoms with Crippen molar-refractivity contribution >= 4 is 115 Å². The third kappa shape index (κ3) is 12.6. The van der Waals surface area contributed by atoms with Crippen molar-refractivity contribution in [1.82, 2.24) is 0 Å². The first-order valence-electron chi connectivity index (χ1n) is 10.8. The third-order valence-corrected chi connectivity index (χ3v) is 14.8. The van der Waals surface area contributed by atoms with Crippen LogP contribution in [-0.4, -0.2) is 26.8 Å². The first-order chi connectivity index (χ1) is 14.2. The highest BCUT2D eigenvalue weighted by Crippen LogP contribution is 2.37. The van der Waals surface area contributed by atoms with Crippen LogP contribution < -0.4 is 0 Å².